The maximum Gasteiger partial charge on any atom is 0.152 e. The highest BCUT2D eigenvalue weighted by Gasteiger charge is 1.96. The lowest BCUT2D eigenvalue weighted by Crippen LogP contribution is -1.93. The largest absolute Gasteiger partial charge is 0.183 e. The number of benzene rings is 1. The molecule has 0 saturated heterocycles. The van der Waals surface area contributed by atoms with Gasteiger partial charge >= 0.3 is 0 Å². The molecule has 0 saturated carbocycles. The van der Waals surface area contributed by atoms with Crippen molar-refractivity contribution in [3.05, 3.63) is 35.4 Å². The maximum atomic E-state index is 8.28. The van der Waals surface area contributed by atoms with Crippen LogP contribution >= 0.6 is 0 Å². The van der Waals surface area contributed by atoms with Gasteiger partial charge in [0, 0.05) is 11.5 Å². The van der Waals surface area contributed by atoms with Crippen molar-refractivity contribution in [2.45, 2.75) is 20.3 Å². The van der Waals surface area contributed by atoms with Gasteiger partial charge in [-0.15, -0.1) is 0 Å². The summed E-state index contributed by atoms with van der Waals surface area (Å²) in [4.78, 5) is 0. The zero-order valence-corrected chi connectivity index (χ0v) is 8.54. The monoisotopic (exact) mass is 183 g/mol. The molecular weight excluding hydrogens is 170 g/mol. The van der Waals surface area contributed by atoms with Crippen molar-refractivity contribution in [2.75, 3.05) is 0 Å². The minimum Gasteiger partial charge on any atom is -0.183 e. The Labute approximate surface area is 85.4 Å². The third kappa shape index (κ3) is 3.33. The Morgan fingerprint density at radius 1 is 1.21 bits per heavy atom. The predicted molar refractivity (Wildman–Crippen MR) is 57.5 cm³/mol. The molecule has 0 amide bonds. The average Bonchev–Trinajstić information content (AvgIpc) is 2.16. The van der Waals surface area contributed by atoms with Gasteiger partial charge in [-0.1, -0.05) is 31.9 Å². The van der Waals surface area contributed by atoms with Crippen molar-refractivity contribution in [3.8, 4) is 17.9 Å². The van der Waals surface area contributed by atoms with E-state index in [1.54, 1.807) is 6.07 Å². The van der Waals surface area contributed by atoms with Gasteiger partial charge in [-0.3, -0.25) is 0 Å². The molecule has 0 radical (unpaired) electrons. The van der Waals surface area contributed by atoms with E-state index < -0.39 is 0 Å². The number of hydrogen-bond donors (Lipinski definition) is 0. The van der Waals surface area contributed by atoms with Gasteiger partial charge in [-0.05, 0) is 30.0 Å². The molecule has 1 heteroatoms. The number of hydrogen-bond acceptors (Lipinski definition) is 1. The molecule has 1 aromatic carbocycles. The van der Waals surface area contributed by atoms with Crippen molar-refractivity contribution in [3.63, 3.8) is 0 Å². The Morgan fingerprint density at radius 3 is 2.36 bits per heavy atom. The number of rotatable bonds is 2. The molecule has 0 aromatic heterocycles. The quantitative estimate of drug-likeness (QED) is 0.647. The first-order chi connectivity index (χ1) is 6.72. The zero-order chi connectivity index (χ0) is 10.4. The summed E-state index contributed by atoms with van der Waals surface area (Å²) in [6.45, 7) is 4.40. The molecule has 0 fully saturated rings. The second-order valence-electron chi connectivity index (χ2n) is 3.66. The summed E-state index contributed by atoms with van der Waals surface area (Å²) >= 11 is 0. The van der Waals surface area contributed by atoms with Crippen molar-refractivity contribution in [2.24, 2.45) is 5.92 Å². The van der Waals surface area contributed by atoms with Crippen LogP contribution < -0.4 is 0 Å². The molecule has 0 unspecified atom stereocenters. The smallest absolute Gasteiger partial charge is 0.152 e. The molecule has 70 valence electrons. The van der Waals surface area contributed by atoms with Crippen LogP contribution in [-0.2, 0) is 6.42 Å². The van der Waals surface area contributed by atoms with Gasteiger partial charge < -0.3 is 0 Å². The first-order valence-corrected chi connectivity index (χ1v) is 4.71. The molecule has 0 aliphatic carbocycles. The van der Waals surface area contributed by atoms with Crippen molar-refractivity contribution in [1.82, 2.24) is 0 Å². The third-order valence-electron chi connectivity index (χ3n) is 1.86. The van der Waals surface area contributed by atoms with Gasteiger partial charge in [0.25, 0.3) is 0 Å². The van der Waals surface area contributed by atoms with Crippen LogP contribution in [-0.4, -0.2) is 0 Å². The van der Waals surface area contributed by atoms with Crippen LogP contribution in [0.3, 0.4) is 0 Å². The molecule has 0 heterocycles. The third-order valence-corrected chi connectivity index (χ3v) is 1.86. The van der Waals surface area contributed by atoms with E-state index in [2.05, 4.69) is 37.8 Å². The number of nitriles is 1. The molecule has 0 aliphatic rings. The Balaban J connectivity index is 2.74. The Bertz CT molecular complexity index is 382. The molecule has 0 aliphatic heterocycles. The van der Waals surface area contributed by atoms with E-state index in [1.165, 1.54) is 5.56 Å². The summed E-state index contributed by atoms with van der Waals surface area (Å²) in [5, 5.41) is 8.28. The molecule has 0 N–H and O–H groups in total. The molecular formula is C13H13N. The number of nitrogens with zero attached hydrogens (tertiary/aromatic N) is 1. The fourth-order valence-electron chi connectivity index (χ4n) is 1.30. The highest BCUT2D eigenvalue weighted by Crippen LogP contribution is 2.08. The molecule has 1 aromatic rings. The van der Waals surface area contributed by atoms with Crippen LogP contribution in [0.25, 0.3) is 0 Å². The van der Waals surface area contributed by atoms with E-state index in [4.69, 9.17) is 5.26 Å². The van der Waals surface area contributed by atoms with E-state index in [0.717, 1.165) is 12.0 Å². The minimum atomic E-state index is 0.672. The summed E-state index contributed by atoms with van der Waals surface area (Å²) in [6, 6.07) is 9.86. The van der Waals surface area contributed by atoms with Gasteiger partial charge in [0.05, 0.1) is 0 Å². The van der Waals surface area contributed by atoms with Crippen LogP contribution in [0.1, 0.15) is 25.0 Å². The normalized spacial score (nSPS) is 9.00. The molecule has 14 heavy (non-hydrogen) atoms. The summed E-state index contributed by atoms with van der Waals surface area (Å²) in [5.74, 6) is 5.82. The first kappa shape index (κ1) is 10.4. The Morgan fingerprint density at radius 2 is 1.86 bits per heavy atom. The van der Waals surface area contributed by atoms with Crippen LogP contribution in [0.2, 0.25) is 0 Å². The van der Waals surface area contributed by atoms with Gasteiger partial charge in [-0.2, -0.15) is 5.26 Å². The van der Waals surface area contributed by atoms with Crippen molar-refractivity contribution < 1.29 is 0 Å². The van der Waals surface area contributed by atoms with Crippen molar-refractivity contribution >= 4 is 0 Å². The Hall–Kier alpha value is -1.73. The second-order valence-corrected chi connectivity index (χ2v) is 3.66. The second kappa shape index (κ2) is 5.10. The molecule has 1 nitrogen and oxygen atoms in total. The topological polar surface area (TPSA) is 23.8 Å². The van der Waals surface area contributed by atoms with Crippen LogP contribution in [0, 0.1) is 29.1 Å². The van der Waals surface area contributed by atoms with E-state index in [9.17, 15) is 0 Å². The lowest BCUT2D eigenvalue weighted by molar-refractivity contribution is 0.647. The maximum absolute atomic E-state index is 8.28. The highest BCUT2D eigenvalue weighted by atomic mass is 14.2. The SMILES string of the molecule is CC(C)Cc1ccc(C#CC#N)cc1. The fourth-order valence-corrected chi connectivity index (χ4v) is 1.30. The van der Waals surface area contributed by atoms with Gasteiger partial charge in [-0.25, -0.2) is 0 Å². The van der Waals surface area contributed by atoms with Crippen molar-refractivity contribution in [1.29, 1.82) is 5.26 Å². The fraction of sp³-hybridized carbons (Fsp3) is 0.308. The van der Waals surface area contributed by atoms with E-state index in [-0.39, 0.29) is 0 Å². The van der Waals surface area contributed by atoms with Crippen LogP contribution in [0.5, 0.6) is 0 Å². The lowest BCUT2D eigenvalue weighted by Gasteiger charge is -2.03. The first-order valence-electron chi connectivity index (χ1n) is 4.71. The van der Waals surface area contributed by atoms with Gasteiger partial charge in [0.1, 0.15) is 0 Å². The van der Waals surface area contributed by atoms with E-state index >= 15 is 0 Å². The lowest BCUT2D eigenvalue weighted by atomic mass is 10.0. The molecule has 0 spiro atoms. The molecule has 0 atom stereocenters. The summed E-state index contributed by atoms with van der Waals surface area (Å²) in [6.07, 6.45) is 1.09. The van der Waals surface area contributed by atoms with E-state index in [0.29, 0.717) is 5.92 Å². The highest BCUT2D eigenvalue weighted by molar-refractivity contribution is 5.39. The van der Waals surface area contributed by atoms with Crippen LogP contribution in [0.15, 0.2) is 24.3 Å². The van der Waals surface area contributed by atoms with Gasteiger partial charge in [0.15, 0.2) is 6.07 Å². The minimum absolute atomic E-state index is 0.672. The molecule has 0 bridgehead atoms. The van der Waals surface area contributed by atoms with Crippen LogP contribution in [0.4, 0.5) is 0 Å². The predicted octanol–water partition coefficient (Wildman–Crippen LogP) is 2.76. The van der Waals surface area contributed by atoms with Gasteiger partial charge in [0.2, 0.25) is 0 Å². The van der Waals surface area contributed by atoms with E-state index in [1.807, 2.05) is 12.1 Å². The Kier molecular flexibility index (Phi) is 3.77. The summed E-state index contributed by atoms with van der Waals surface area (Å²) < 4.78 is 0. The molecule has 1 rings (SSSR count). The average molecular weight is 183 g/mol. The zero-order valence-electron chi connectivity index (χ0n) is 8.54. The standard InChI is InChI=1S/C13H13N/c1-11(2)10-13-7-5-12(6-8-13)4-3-9-14/h5-8,11H,10H2,1-2H3. The summed E-state index contributed by atoms with van der Waals surface area (Å²) in [7, 11) is 0. The summed E-state index contributed by atoms with van der Waals surface area (Å²) in [5.41, 5.74) is 2.22.